The van der Waals surface area contributed by atoms with Crippen LogP contribution in [0, 0.1) is 0 Å². The van der Waals surface area contributed by atoms with Crippen LogP contribution in [0.1, 0.15) is 220 Å². The minimum Gasteiger partial charge on any atom is -0.462 e. The molecule has 6 nitrogen and oxygen atoms in total. The minimum absolute atomic E-state index is 0.118. The number of esters is 3. The summed E-state index contributed by atoms with van der Waals surface area (Å²) < 4.78 is 16.7. The Kier molecular flexibility index (Phi) is 50.0. The molecule has 0 radical (unpaired) electrons. The molecule has 0 aromatic carbocycles. The summed E-state index contributed by atoms with van der Waals surface area (Å²) in [4.78, 5) is 38.0. The van der Waals surface area contributed by atoms with Crippen LogP contribution in [0.4, 0.5) is 0 Å². The molecule has 0 spiro atoms. The van der Waals surface area contributed by atoms with Gasteiger partial charge in [0.15, 0.2) is 6.10 Å². The van der Waals surface area contributed by atoms with Crippen molar-refractivity contribution in [2.45, 2.75) is 226 Å². The molecule has 0 aliphatic rings. The number of ether oxygens (including phenoxy) is 3. The standard InChI is InChI=1S/C60H96O6/c1-4-7-10-13-16-19-22-24-26-28-30-32-33-35-38-41-44-47-50-53-59(62)65-56-57(55-64-58(61)52-49-46-43-40-37-21-18-15-12-9-6-3)66-60(63)54-51-48-45-42-39-36-34-31-29-27-25-23-20-17-14-11-8-5-2/h7,10,15-16,18-19,23-27,29-32,34-35,38,44,47,57H,4-6,8-9,11-14,17,20-22,28,33,36-37,39-43,45-46,48-56H2,1-3H3/b10-7-,18-15-,19-16-,25-23-,26-24-,29-27-,32-30-,34-31-,38-35-,47-44-. The van der Waals surface area contributed by atoms with E-state index in [1.165, 1.54) is 57.8 Å². The van der Waals surface area contributed by atoms with Crippen molar-refractivity contribution < 1.29 is 28.6 Å². The van der Waals surface area contributed by atoms with Gasteiger partial charge in [-0.3, -0.25) is 14.4 Å². The zero-order valence-corrected chi connectivity index (χ0v) is 42.4. The van der Waals surface area contributed by atoms with Gasteiger partial charge in [0.25, 0.3) is 0 Å². The van der Waals surface area contributed by atoms with Gasteiger partial charge < -0.3 is 14.2 Å². The molecule has 6 heteroatoms. The molecule has 0 heterocycles. The summed E-state index contributed by atoms with van der Waals surface area (Å²) >= 11 is 0. The lowest BCUT2D eigenvalue weighted by molar-refractivity contribution is -0.166. The second kappa shape index (κ2) is 53.4. The lowest BCUT2D eigenvalue weighted by atomic mass is 10.1. The fourth-order valence-electron chi connectivity index (χ4n) is 6.74. The first kappa shape index (κ1) is 61.8. The third-order valence-electron chi connectivity index (χ3n) is 10.7. The Labute approximate surface area is 405 Å². The molecule has 0 amide bonds. The van der Waals surface area contributed by atoms with E-state index >= 15 is 0 Å². The molecule has 1 unspecified atom stereocenters. The van der Waals surface area contributed by atoms with Gasteiger partial charge in [-0.05, 0) is 103 Å². The number of unbranched alkanes of at least 4 members (excludes halogenated alkanes) is 17. The Bertz CT molecular complexity index is 1420. The molecule has 0 rings (SSSR count). The second-order valence-electron chi connectivity index (χ2n) is 17.1. The molecule has 0 bridgehead atoms. The van der Waals surface area contributed by atoms with E-state index in [1.54, 1.807) is 0 Å². The predicted molar refractivity (Wildman–Crippen MR) is 283 cm³/mol. The third-order valence-corrected chi connectivity index (χ3v) is 10.7. The van der Waals surface area contributed by atoms with E-state index in [2.05, 4.69) is 130 Å². The molecule has 372 valence electrons. The van der Waals surface area contributed by atoms with Crippen molar-refractivity contribution in [3.63, 3.8) is 0 Å². The lowest BCUT2D eigenvalue weighted by Crippen LogP contribution is -2.30. The van der Waals surface area contributed by atoms with E-state index in [4.69, 9.17) is 14.2 Å². The summed E-state index contributed by atoms with van der Waals surface area (Å²) in [6, 6.07) is 0. The van der Waals surface area contributed by atoms with Gasteiger partial charge in [0.05, 0.1) is 0 Å². The maximum atomic E-state index is 12.8. The Balaban J connectivity index is 4.55. The van der Waals surface area contributed by atoms with E-state index in [0.717, 1.165) is 116 Å². The second-order valence-corrected chi connectivity index (χ2v) is 17.1. The van der Waals surface area contributed by atoms with E-state index in [1.807, 2.05) is 12.2 Å². The highest BCUT2D eigenvalue weighted by molar-refractivity contribution is 5.71. The summed E-state index contributed by atoms with van der Waals surface area (Å²) in [7, 11) is 0. The maximum Gasteiger partial charge on any atom is 0.306 e. The summed E-state index contributed by atoms with van der Waals surface area (Å²) in [6.07, 6.45) is 73.3. The smallest absolute Gasteiger partial charge is 0.306 e. The van der Waals surface area contributed by atoms with Crippen molar-refractivity contribution in [3.05, 3.63) is 122 Å². The molecule has 0 saturated carbocycles. The van der Waals surface area contributed by atoms with Gasteiger partial charge in [0, 0.05) is 19.3 Å². The molecule has 0 aliphatic heterocycles. The van der Waals surface area contributed by atoms with Crippen LogP contribution in [-0.2, 0) is 28.6 Å². The number of hydrogen-bond donors (Lipinski definition) is 0. The Morgan fingerprint density at radius 2 is 0.697 bits per heavy atom. The van der Waals surface area contributed by atoms with Crippen LogP contribution in [-0.4, -0.2) is 37.2 Å². The van der Waals surface area contributed by atoms with Crippen LogP contribution in [0.2, 0.25) is 0 Å². The summed E-state index contributed by atoms with van der Waals surface area (Å²) in [5.41, 5.74) is 0. The quantitative estimate of drug-likeness (QED) is 0.0199. The zero-order valence-electron chi connectivity index (χ0n) is 42.4. The Hall–Kier alpha value is -4.19. The SMILES string of the molecule is CC/C=C\C/C=C\C/C=C\C/C=C\C/C=C\C/C=C\CCC(=O)OCC(COC(=O)CCCCCCC/C=C\CCCC)OC(=O)CCCCCCC\C=C/C=C\C=C/CCCCCCC. The van der Waals surface area contributed by atoms with Gasteiger partial charge in [-0.2, -0.15) is 0 Å². The average molecular weight is 913 g/mol. The average Bonchev–Trinajstić information content (AvgIpc) is 3.31. The largest absolute Gasteiger partial charge is 0.462 e. The highest BCUT2D eigenvalue weighted by Gasteiger charge is 2.19. The van der Waals surface area contributed by atoms with E-state index < -0.39 is 6.10 Å². The van der Waals surface area contributed by atoms with Gasteiger partial charge in [0.1, 0.15) is 13.2 Å². The van der Waals surface area contributed by atoms with Crippen LogP contribution in [0.3, 0.4) is 0 Å². The molecule has 0 aliphatic carbocycles. The first-order valence-corrected chi connectivity index (χ1v) is 26.6. The summed E-state index contributed by atoms with van der Waals surface area (Å²) in [5.74, 6) is -1.04. The molecular formula is C60H96O6. The minimum atomic E-state index is -0.825. The van der Waals surface area contributed by atoms with Gasteiger partial charge >= 0.3 is 17.9 Å². The normalized spacial score (nSPS) is 13.1. The first-order chi connectivity index (χ1) is 32.5. The number of allylic oxidation sites excluding steroid dienone is 20. The van der Waals surface area contributed by atoms with Gasteiger partial charge in [-0.15, -0.1) is 0 Å². The zero-order chi connectivity index (χ0) is 47.9. The lowest BCUT2D eigenvalue weighted by Gasteiger charge is -2.18. The molecule has 1 atom stereocenters. The third kappa shape index (κ3) is 50.8. The summed E-state index contributed by atoms with van der Waals surface area (Å²) in [5, 5.41) is 0. The molecule has 0 saturated heterocycles. The van der Waals surface area contributed by atoms with Crippen molar-refractivity contribution in [2.75, 3.05) is 13.2 Å². The number of rotatable bonds is 46. The van der Waals surface area contributed by atoms with Crippen LogP contribution in [0.5, 0.6) is 0 Å². The number of carbonyl (C=O) groups excluding carboxylic acids is 3. The van der Waals surface area contributed by atoms with Crippen molar-refractivity contribution in [1.82, 2.24) is 0 Å². The van der Waals surface area contributed by atoms with Crippen LogP contribution in [0.25, 0.3) is 0 Å². The maximum absolute atomic E-state index is 12.8. The van der Waals surface area contributed by atoms with E-state index in [-0.39, 0.29) is 44.0 Å². The van der Waals surface area contributed by atoms with Crippen LogP contribution < -0.4 is 0 Å². The number of carbonyl (C=O) groups is 3. The van der Waals surface area contributed by atoms with Crippen molar-refractivity contribution >= 4 is 17.9 Å². The van der Waals surface area contributed by atoms with Gasteiger partial charge in [-0.25, -0.2) is 0 Å². The highest BCUT2D eigenvalue weighted by Crippen LogP contribution is 2.12. The van der Waals surface area contributed by atoms with Gasteiger partial charge in [-0.1, -0.05) is 219 Å². The topological polar surface area (TPSA) is 78.9 Å². The highest BCUT2D eigenvalue weighted by atomic mass is 16.6. The Morgan fingerprint density at radius 1 is 0.333 bits per heavy atom. The van der Waals surface area contributed by atoms with Crippen molar-refractivity contribution in [1.29, 1.82) is 0 Å². The fourth-order valence-corrected chi connectivity index (χ4v) is 6.74. The molecule has 0 N–H and O–H groups in total. The first-order valence-electron chi connectivity index (χ1n) is 26.6. The molecule has 0 fully saturated rings. The Morgan fingerprint density at radius 3 is 1.18 bits per heavy atom. The number of hydrogen-bond acceptors (Lipinski definition) is 6. The van der Waals surface area contributed by atoms with Crippen molar-refractivity contribution in [3.8, 4) is 0 Å². The molecular weight excluding hydrogens is 817 g/mol. The molecule has 66 heavy (non-hydrogen) atoms. The fraction of sp³-hybridized carbons (Fsp3) is 0.617. The predicted octanol–water partition coefficient (Wildman–Crippen LogP) is 17.7. The van der Waals surface area contributed by atoms with Crippen molar-refractivity contribution in [2.24, 2.45) is 0 Å². The van der Waals surface area contributed by atoms with Gasteiger partial charge in [0.2, 0.25) is 0 Å². The van der Waals surface area contributed by atoms with Crippen LogP contribution >= 0.6 is 0 Å². The molecule has 0 aromatic heterocycles. The monoisotopic (exact) mass is 913 g/mol. The van der Waals surface area contributed by atoms with E-state index in [9.17, 15) is 14.4 Å². The van der Waals surface area contributed by atoms with E-state index in [0.29, 0.717) is 12.8 Å². The summed E-state index contributed by atoms with van der Waals surface area (Å²) in [6.45, 7) is 6.36. The molecule has 0 aromatic rings. The van der Waals surface area contributed by atoms with Crippen LogP contribution in [0.15, 0.2) is 122 Å².